The summed E-state index contributed by atoms with van der Waals surface area (Å²) in [6.07, 6.45) is 1.57. The summed E-state index contributed by atoms with van der Waals surface area (Å²) in [6, 6.07) is 16.8. The number of carbonyl (C=O) groups is 1. The summed E-state index contributed by atoms with van der Waals surface area (Å²) in [6.45, 7) is 5.65. The molecule has 0 bridgehead atoms. The summed E-state index contributed by atoms with van der Waals surface area (Å²) in [5.74, 6) is -0.481. The number of fused-ring (bicyclic) bond motifs is 1. The van der Waals surface area contributed by atoms with Crippen LogP contribution in [0, 0.1) is 17.0 Å². The van der Waals surface area contributed by atoms with Gasteiger partial charge in [0.1, 0.15) is 6.61 Å². The van der Waals surface area contributed by atoms with E-state index in [-0.39, 0.29) is 35.8 Å². The van der Waals surface area contributed by atoms with Gasteiger partial charge in [-0.3, -0.25) is 19.5 Å². The van der Waals surface area contributed by atoms with Crippen LogP contribution in [0.5, 0.6) is 5.75 Å². The number of hydrogen-bond acceptors (Lipinski definition) is 8. The standard InChI is InChI=1S/C31H25BrClN3O6S/c1-4-41-30(38)26-18(3)34-31-35(27(26)21-9-5-17(2)6-10-21)29(37)25(43-31)15-20-13-23(32)28(24(14-20)36(39)40)42-16-19-7-11-22(33)12-8-19/h5-15,27H,4,16H2,1-3H3/b25-15-/t27-/m1/s1. The number of allylic oxidation sites excluding steroid dienone is 1. The van der Waals surface area contributed by atoms with Gasteiger partial charge in [-0.1, -0.05) is 64.9 Å². The Hall–Kier alpha value is -4.06. The third kappa shape index (κ3) is 6.34. The van der Waals surface area contributed by atoms with Gasteiger partial charge in [0.15, 0.2) is 4.80 Å². The van der Waals surface area contributed by atoms with Crippen LogP contribution in [-0.4, -0.2) is 22.1 Å². The minimum Gasteiger partial charge on any atom is -0.481 e. The molecule has 0 amide bonds. The Bertz CT molecular complexity index is 1950. The number of aryl methyl sites for hydroxylation is 1. The third-order valence-corrected chi connectivity index (χ3v) is 8.57. The van der Waals surface area contributed by atoms with Crippen molar-refractivity contribution in [3.8, 4) is 5.75 Å². The maximum Gasteiger partial charge on any atom is 0.338 e. The molecule has 0 aliphatic carbocycles. The normalized spacial score (nSPS) is 14.7. The van der Waals surface area contributed by atoms with E-state index >= 15 is 0 Å². The molecule has 43 heavy (non-hydrogen) atoms. The minimum absolute atomic E-state index is 0.0626. The molecule has 0 radical (unpaired) electrons. The van der Waals surface area contributed by atoms with Gasteiger partial charge in [0.25, 0.3) is 5.56 Å². The number of halogens is 2. The maximum absolute atomic E-state index is 13.9. The lowest BCUT2D eigenvalue weighted by Crippen LogP contribution is -2.39. The van der Waals surface area contributed by atoms with Crippen LogP contribution in [0.2, 0.25) is 5.02 Å². The molecular weight excluding hydrogens is 658 g/mol. The highest BCUT2D eigenvalue weighted by Crippen LogP contribution is 2.37. The zero-order chi connectivity index (χ0) is 30.8. The van der Waals surface area contributed by atoms with Crippen LogP contribution in [0.25, 0.3) is 6.08 Å². The number of ether oxygens (including phenoxy) is 2. The van der Waals surface area contributed by atoms with Crippen molar-refractivity contribution >= 4 is 56.6 Å². The molecule has 1 aromatic heterocycles. The minimum atomic E-state index is -0.747. The van der Waals surface area contributed by atoms with Gasteiger partial charge in [0, 0.05) is 11.1 Å². The molecule has 4 aromatic rings. The summed E-state index contributed by atoms with van der Waals surface area (Å²) in [7, 11) is 0. The molecule has 2 heterocycles. The molecule has 0 unspecified atom stereocenters. The van der Waals surface area contributed by atoms with Crippen molar-refractivity contribution in [3.63, 3.8) is 0 Å². The first-order chi connectivity index (χ1) is 20.6. The maximum atomic E-state index is 13.9. The van der Waals surface area contributed by atoms with Crippen molar-refractivity contribution in [1.82, 2.24) is 4.57 Å². The highest BCUT2D eigenvalue weighted by atomic mass is 79.9. The predicted molar refractivity (Wildman–Crippen MR) is 168 cm³/mol. The lowest BCUT2D eigenvalue weighted by Gasteiger charge is -2.24. The smallest absolute Gasteiger partial charge is 0.338 e. The topological polar surface area (TPSA) is 113 Å². The highest BCUT2D eigenvalue weighted by Gasteiger charge is 2.33. The van der Waals surface area contributed by atoms with Crippen molar-refractivity contribution in [2.75, 3.05) is 6.61 Å². The first kappa shape index (κ1) is 30.4. The number of nitro benzene ring substituents is 1. The first-order valence-electron chi connectivity index (χ1n) is 13.2. The molecule has 12 heteroatoms. The predicted octanol–water partition coefficient (Wildman–Crippen LogP) is 6.01. The van der Waals surface area contributed by atoms with Gasteiger partial charge in [-0.05, 0) is 77.7 Å². The van der Waals surface area contributed by atoms with Gasteiger partial charge in [0.2, 0.25) is 5.75 Å². The number of hydrogen-bond donors (Lipinski definition) is 0. The van der Waals surface area contributed by atoms with Crippen LogP contribution >= 0.6 is 38.9 Å². The van der Waals surface area contributed by atoms with Crippen LogP contribution in [-0.2, 0) is 16.1 Å². The van der Waals surface area contributed by atoms with Crippen molar-refractivity contribution in [1.29, 1.82) is 0 Å². The molecule has 0 spiro atoms. The number of nitro groups is 1. The van der Waals surface area contributed by atoms with E-state index < -0.39 is 16.9 Å². The summed E-state index contributed by atoms with van der Waals surface area (Å²) < 4.78 is 13.3. The van der Waals surface area contributed by atoms with E-state index in [1.165, 1.54) is 10.6 Å². The SMILES string of the molecule is CCOC(=O)C1=C(C)N=c2s/c(=C\c3cc(Br)c(OCc4ccc(Cl)cc4)c([N+](=O)[O-])c3)c(=O)n2[C@@H]1c1ccc(C)cc1. The van der Waals surface area contributed by atoms with Gasteiger partial charge >= 0.3 is 11.7 Å². The molecule has 0 saturated heterocycles. The lowest BCUT2D eigenvalue weighted by atomic mass is 9.95. The second-order valence-electron chi connectivity index (χ2n) is 9.74. The molecule has 220 valence electrons. The van der Waals surface area contributed by atoms with Crippen LogP contribution in [0.15, 0.2) is 86.2 Å². The van der Waals surface area contributed by atoms with Crippen molar-refractivity contribution in [3.05, 3.63) is 133 Å². The van der Waals surface area contributed by atoms with E-state index in [9.17, 15) is 19.7 Å². The summed E-state index contributed by atoms with van der Waals surface area (Å²) in [5.41, 5.74) is 3.05. The molecule has 0 N–H and O–H groups in total. The fraction of sp³-hybridized carbons (Fsp3) is 0.194. The Balaban J connectivity index is 1.59. The van der Waals surface area contributed by atoms with E-state index in [2.05, 4.69) is 20.9 Å². The largest absolute Gasteiger partial charge is 0.481 e. The number of rotatable bonds is 8. The fourth-order valence-electron chi connectivity index (χ4n) is 4.70. The monoisotopic (exact) mass is 681 g/mol. The zero-order valence-corrected chi connectivity index (χ0v) is 26.5. The Kier molecular flexibility index (Phi) is 8.95. The van der Waals surface area contributed by atoms with Crippen LogP contribution in [0.3, 0.4) is 0 Å². The van der Waals surface area contributed by atoms with Gasteiger partial charge in [-0.2, -0.15) is 0 Å². The van der Waals surface area contributed by atoms with Crippen LogP contribution in [0.4, 0.5) is 5.69 Å². The first-order valence-corrected chi connectivity index (χ1v) is 15.2. The lowest BCUT2D eigenvalue weighted by molar-refractivity contribution is -0.386. The Morgan fingerprint density at radius 2 is 1.86 bits per heavy atom. The summed E-state index contributed by atoms with van der Waals surface area (Å²) >= 11 is 10.5. The van der Waals surface area contributed by atoms with Gasteiger partial charge in [-0.25, -0.2) is 9.79 Å². The molecule has 5 rings (SSSR count). The van der Waals surface area contributed by atoms with E-state index in [1.54, 1.807) is 50.3 Å². The van der Waals surface area contributed by atoms with Gasteiger partial charge in [0.05, 0.1) is 37.8 Å². The molecule has 1 aliphatic heterocycles. The highest BCUT2D eigenvalue weighted by molar-refractivity contribution is 9.10. The summed E-state index contributed by atoms with van der Waals surface area (Å²) in [5, 5.41) is 12.6. The van der Waals surface area contributed by atoms with Crippen molar-refractivity contribution < 1.29 is 19.2 Å². The molecular formula is C31H25BrClN3O6S. The van der Waals surface area contributed by atoms with Gasteiger partial charge < -0.3 is 9.47 Å². The second-order valence-corrected chi connectivity index (χ2v) is 12.0. The molecule has 3 aromatic carbocycles. The molecule has 0 fully saturated rings. The van der Waals surface area contributed by atoms with Crippen LogP contribution in [0.1, 0.15) is 42.1 Å². The zero-order valence-electron chi connectivity index (χ0n) is 23.3. The van der Waals surface area contributed by atoms with E-state index in [4.69, 9.17) is 21.1 Å². The van der Waals surface area contributed by atoms with Crippen LogP contribution < -0.4 is 19.6 Å². The quantitative estimate of drug-likeness (QED) is 0.128. The van der Waals surface area contributed by atoms with Crippen molar-refractivity contribution in [2.24, 2.45) is 4.99 Å². The average Bonchev–Trinajstić information content (AvgIpc) is 3.26. The van der Waals surface area contributed by atoms with Crippen molar-refractivity contribution in [2.45, 2.75) is 33.4 Å². The van der Waals surface area contributed by atoms with Gasteiger partial charge in [-0.15, -0.1) is 0 Å². The number of nitrogens with zero attached hydrogens (tertiary/aromatic N) is 3. The molecule has 9 nitrogen and oxygen atoms in total. The molecule has 1 atom stereocenters. The number of thiazole rings is 1. The number of benzene rings is 3. The van der Waals surface area contributed by atoms with E-state index in [1.807, 2.05) is 31.2 Å². The fourth-order valence-corrected chi connectivity index (χ4v) is 6.46. The van der Waals surface area contributed by atoms with E-state index in [0.29, 0.717) is 30.1 Å². The Morgan fingerprint density at radius 1 is 1.16 bits per heavy atom. The Labute approximate surface area is 263 Å². The number of carbonyl (C=O) groups excluding carboxylic acids is 1. The van der Waals surface area contributed by atoms with E-state index in [0.717, 1.165) is 28.0 Å². The number of aromatic nitrogens is 1. The second kappa shape index (κ2) is 12.7. The number of esters is 1. The third-order valence-electron chi connectivity index (χ3n) is 6.75. The Morgan fingerprint density at radius 3 is 2.51 bits per heavy atom. The summed E-state index contributed by atoms with van der Waals surface area (Å²) in [4.78, 5) is 43.4. The molecule has 0 saturated carbocycles. The average molecular weight is 683 g/mol. The molecule has 1 aliphatic rings.